The molecule has 2 aromatic rings. The standard InChI is InChI=1S/C14H16N2O2/c1-2-9-17-11-3-5-12(6-4-11)18-13-7-8-16-14(15)10-13/h3-8,10H,2,9H2,1H3,(H2,15,16). The number of aromatic nitrogens is 1. The van der Waals surface area contributed by atoms with Crippen molar-refractivity contribution in [2.24, 2.45) is 0 Å². The van der Waals surface area contributed by atoms with Gasteiger partial charge in [0.2, 0.25) is 0 Å². The number of anilines is 1. The van der Waals surface area contributed by atoms with Gasteiger partial charge in [0.05, 0.1) is 6.61 Å². The summed E-state index contributed by atoms with van der Waals surface area (Å²) in [5.74, 6) is 2.70. The predicted octanol–water partition coefficient (Wildman–Crippen LogP) is 3.24. The van der Waals surface area contributed by atoms with Crippen molar-refractivity contribution in [2.75, 3.05) is 12.3 Å². The van der Waals surface area contributed by atoms with Gasteiger partial charge in [-0.05, 0) is 36.8 Å². The van der Waals surface area contributed by atoms with E-state index in [1.54, 1.807) is 18.3 Å². The van der Waals surface area contributed by atoms with E-state index in [-0.39, 0.29) is 0 Å². The van der Waals surface area contributed by atoms with Crippen LogP contribution in [0.1, 0.15) is 13.3 Å². The van der Waals surface area contributed by atoms with Crippen LogP contribution in [-0.2, 0) is 0 Å². The Morgan fingerprint density at radius 3 is 2.44 bits per heavy atom. The van der Waals surface area contributed by atoms with Gasteiger partial charge in [-0.3, -0.25) is 0 Å². The first-order chi connectivity index (χ1) is 8.78. The third-order valence-electron chi connectivity index (χ3n) is 2.28. The first kappa shape index (κ1) is 12.2. The Balaban J connectivity index is 2.02. The van der Waals surface area contributed by atoms with E-state index >= 15 is 0 Å². The molecule has 0 spiro atoms. The largest absolute Gasteiger partial charge is 0.494 e. The lowest BCUT2D eigenvalue weighted by Crippen LogP contribution is -1.94. The van der Waals surface area contributed by atoms with Crippen LogP contribution in [0.5, 0.6) is 17.2 Å². The van der Waals surface area contributed by atoms with E-state index in [9.17, 15) is 0 Å². The number of pyridine rings is 1. The average molecular weight is 244 g/mol. The first-order valence-electron chi connectivity index (χ1n) is 5.90. The number of benzene rings is 1. The maximum atomic E-state index is 5.64. The van der Waals surface area contributed by atoms with Crippen LogP contribution >= 0.6 is 0 Å². The van der Waals surface area contributed by atoms with E-state index in [2.05, 4.69) is 11.9 Å². The molecule has 0 aliphatic heterocycles. The fraction of sp³-hybridized carbons (Fsp3) is 0.214. The number of nitrogens with zero attached hydrogens (tertiary/aromatic N) is 1. The molecule has 0 aliphatic carbocycles. The smallest absolute Gasteiger partial charge is 0.132 e. The Kier molecular flexibility index (Phi) is 4.02. The minimum absolute atomic E-state index is 0.440. The highest BCUT2D eigenvalue weighted by Gasteiger charge is 1.99. The zero-order valence-corrected chi connectivity index (χ0v) is 10.3. The molecule has 0 amide bonds. The van der Waals surface area contributed by atoms with Crippen molar-refractivity contribution in [1.29, 1.82) is 0 Å². The van der Waals surface area contributed by atoms with Crippen molar-refractivity contribution in [1.82, 2.24) is 4.98 Å². The highest BCUT2D eigenvalue weighted by atomic mass is 16.5. The molecule has 4 nitrogen and oxygen atoms in total. The molecule has 0 radical (unpaired) electrons. The lowest BCUT2D eigenvalue weighted by molar-refractivity contribution is 0.317. The molecular formula is C14H16N2O2. The van der Waals surface area contributed by atoms with Gasteiger partial charge in [-0.2, -0.15) is 0 Å². The Bertz CT molecular complexity index is 497. The van der Waals surface area contributed by atoms with Crippen molar-refractivity contribution in [3.63, 3.8) is 0 Å². The van der Waals surface area contributed by atoms with Crippen molar-refractivity contribution in [3.05, 3.63) is 42.6 Å². The Hall–Kier alpha value is -2.23. The van der Waals surface area contributed by atoms with E-state index in [4.69, 9.17) is 15.2 Å². The maximum Gasteiger partial charge on any atom is 0.132 e. The van der Waals surface area contributed by atoms with Gasteiger partial charge >= 0.3 is 0 Å². The molecule has 0 bridgehead atoms. The molecule has 1 aromatic heterocycles. The van der Waals surface area contributed by atoms with Crippen molar-refractivity contribution < 1.29 is 9.47 Å². The van der Waals surface area contributed by atoms with Crippen LogP contribution in [0.25, 0.3) is 0 Å². The van der Waals surface area contributed by atoms with Crippen molar-refractivity contribution in [3.8, 4) is 17.2 Å². The van der Waals surface area contributed by atoms with Crippen LogP contribution in [0.3, 0.4) is 0 Å². The Morgan fingerprint density at radius 2 is 1.78 bits per heavy atom. The van der Waals surface area contributed by atoms with E-state index in [0.717, 1.165) is 24.5 Å². The van der Waals surface area contributed by atoms with Crippen LogP contribution < -0.4 is 15.2 Å². The summed E-state index contributed by atoms with van der Waals surface area (Å²) >= 11 is 0. The summed E-state index contributed by atoms with van der Waals surface area (Å²) in [6.45, 7) is 2.80. The first-order valence-corrected chi connectivity index (χ1v) is 5.90. The maximum absolute atomic E-state index is 5.64. The fourth-order valence-electron chi connectivity index (χ4n) is 1.45. The number of ether oxygens (including phenoxy) is 2. The van der Waals surface area contributed by atoms with Crippen LogP contribution in [0.2, 0.25) is 0 Å². The second-order valence-corrected chi connectivity index (χ2v) is 3.84. The molecule has 94 valence electrons. The third kappa shape index (κ3) is 3.38. The molecule has 0 unspecified atom stereocenters. The normalized spacial score (nSPS) is 10.1. The summed E-state index contributed by atoms with van der Waals surface area (Å²) < 4.78 is 11.1. The lowest BCUT2D eigenvalue weighted by Gasteiger charge is -2.08. The lowest BCUT2D eigenvalue weighted by atomic mass is 10.3. The predicted molar refractivity (Wildman–Crippen MR) is 71.0 cm³/mol. The van der Waals surface area contributed by atoms with E-state index < -0.39 is 0 Å². The molecule has 2 N–H and O–H groups in total. The molecule has 4 heteroatoms. The minimum Gasteiger partial charge on any atom is -0.494 e. The summed E-state index contributed by atoms with van der Waals surface area (Å²) in [5, 5.41) is 0. The van der Waals surface area contributed by atoms with Crippen molar-refractivity contribution in [2.45, 2.75) is 13.3 Å². The molecule has 18 heavy (non-hydrogen) atoms. The summed E-state index contributed by atoms with van der Waals surface area (Å²) in [5.41, 5.74) is 5.58. The molecule has 0 fully saturated rings. The Morgan fingerprint density at radius 1 is 1.06 bits per heavy atom. The number of rotatable bonds is 5. The highest BCUT2D eigenvalue weighted by Crippen LogP contribution is 2.24. The summed E-state index contributed by atoms with van der Waals surface area (Å²) in [7, 11) is 0. The second-order valence-electron chi connectivity index (χ2n) is 3.84. The van der Waals surface area contributed by atoms with Gasteiger partial charge in [0.25, 0.3) is 0 Å². The van der Waals surface area contributed by atoms with Crippen LogP contribution in [0.15, 0.2) is 42.6 Å². The Labute approximate surface area is 106 Å². The quantitative estimate of drug-likeness (QED) is 0.877. The highest BCUT2D eigenvalue weighted by molar-refractivity contribution is 5.39. The van der Waals surface area contributed by atoms with Gasteiger partial charge in [0.1, 0.15) is 23.1 Å². The molecular weight excluding hydrogens is 228 g/mol. The zero-order chi connectivity index (χ0) is 12.8. The van der Waals surface area contributed by atoms with Gasteiger partial charge in [0.15, 0.2) is 0 Å². The zero-order valence-electron chi connectivity index (χ0n) is 10.3. The van der Waals surface area contributed by atoms with E-state index in [1.807, 2.05) is 24.3 Å². The van der Waals surface area contributed by atoms with Crippen LogP contribution in [0.4, 0.5) is 5.82 Å². The minimum atomic E-state index is 0.440. The SMILES string of the molecule is CCCOc1ccc(Oc2ccnc(N)c2)cc1. The number of hydrogen-bond acceptors (Lipinski definition) is 4. The number of hydrogen-bond donors (Lipinski definition) is 1. The van der Waals surface area contributed by atoms with Gasteiger partial charge in [-0.1, -0.05) is 6.92 Å². The topological polar surface area (TPSA) is 57.4 Å². The molecule has 0 atom stereocenters. The van der Waals surface area contributed by atoms with Crippen LogP contribution in [-0.4, -0.2) is 11.6 Å². The monoisotopic (exact) mass is 244 g/mol. The van der Waals surface area contributed by atoms with Gasteiger partial charge in [-0.25, -0.2) is 4.98 Å². The van der Waals surface area contributed by atoms with Crippen LogP contribution in [0, 0.1) is 0 Å². The molecule has 1 heterocycles. The number of nitrogen functional groups attached to an aromatic ring is 1. The summed E-state index contributed by atoms with van der Waals surface area (Å²) in [6, 6.07) is 10.9. The molecule has 0 saturated carbocycles. The van der Waals surface area contributed by atoms with E-state index in [1.165, 1.54) is 0 Å². The van der Waals surface area contributed by atoms with Gasteiger partial charge in [0, 0.05) is 12.3 Å². The van der Waals surface area contributed by atoms with E-state index in [0.29, 0.717) is 11.6 Å². The summed E-state index contributed by atoms with van der Waals surface area (Å²) in [6.07, 6.45) is 2.61. The molecule has 0 aliphatic rings. The summed E-state index contributed by atoms with van der Waals surface area (Å²) in [4.78, 5) is 3.91. The fourth-order valence-corrected chi connectivity index (χ4v) is 1.45. The second kappa shape index (κ2) is 5.91. The van der Waals surface area contributed by atoms with Gasteiger partial charge in [-0.15, -0.1) is 0 Å². The van der Waals surface area contributed by atoms with Crippen molar-refractivity contribution >= 4 is 5.82 Å². The average Bonchev–Trinajstić information content (AvgIpc) is 2.38. The number of nitrogens with two attached hydrogens (primary N) is 1. The third-order valence-corrected chi connectivity index (χ3v) is 2.28. The molecule has 2 rings (SSSR count). The van der Waals surface area contributed by atoms with Gasteiger partial charge < -0.3 is 15.2 Å². The molecule has 1 aromatic carbocycles. The molecule has 0 saturated heterocycles.